The molecule has 1 heterocycles. The number of carboxylic acids is 1. The Kier molecular flexibility index (Phi) is 4.50. The molecule has 3 atom stereocenters. The van der Waals surface area contributed by atoms with Gasteiger partial charge in [0, 0.05) is 25.0 Å². The van der Waals surface area contributed by atoms with Gasteiger partial charge in [0.2, 0.25) is 5.91 Å². The molecule has 0 radical (unpaired) electrons. The van der Waals surface area contributed by atoms with E-state index >= 15 is 0 Å². The van der Waals surface area contributed by atoms with E-state index in [-0.39, 0.29) is 30.4 Å². The van der Waals surface area contributed by atoms with E-state index in [0.29, 0.717) is 19.5 Å². The molecule has 33 heavy (non-hydrogen) atoms. The van der Waals surface area contributed by atoms with Gasteiger partial charge < -0.3 is 20.1 Å². The van der Waals surface area contributed by atoms with Crippen molar-refractivity contribution in [3.63, 3.8) is 0 Å². The van der Waals surface area contributed by atoms with Gasteiger partial charge >= 0.3 is 12.1 Å². The third-order valence-electron chi connectivity index (χ3n) is 8.02. The lowest BCUT2D eigenvalue weighted by molar-refractivity contribution is -0.155. The average Bonchev–Trinajstić information content (AvgIpc) is 3.19. The Morgan fingerprint density at radius 2 is 1.64 bits per heavy atom. The summed E-state index contributed by atoms with van der Waals surface area (Å²) < 4.78 is 5.65. The second-order valence-electron chi connectivity index (χ2n) is 9.91. The number of aliphatic carboxylic acids is 1. The molecule has 0 bridgehead atoms. The smallest absolute Gasteiger partial charge is 0.407 e. The topological polar surface area (TPSA) is 95.9 Å². The third kappa shape index (κ3) is 3.21. The number of nitrogens with one attached hydrogen (secondary N) is 1. The molecule has 7 nitrogen and oxygen atoms in total. The molecule has 2 saturated carbocycles. The zero-order chi connectivity index (χ0) is 22.7. The maximum Gasteiger partial charge on any atom is 0.407 e. The highest BCUT2D eigenvalue weighted by molar-refractivity contribution is 5.89. The lowest BCUT2D eigenvalue weighted by Crippen LogP contribution is -2.55. The fraction of sp³-hybridized carbons (Fsp3) is 0.423. The molecule has 2 amide bonds. The number of fused-ring (bicyclic) bond motifs is 4. The molecule has 4 aliphatic rings. The van der Waals surface area contributed by atoms with Crippen LogP contribution >= 0.6 is 0 Å². The van der Waals surface area contributed by atoms with Gasteiger partial charge in [-0.25, -0.2) is 4.79 Å². The van der Waals surface area contributed by atoms with Crippen molar-refractivity contribution in [2.45, 2.75) is 31.2 Å². The van der Waals surface area contributed by atoms with E-state index in [1.54, 1.807) is 4.90 Å². The SMILES string of the molecule is O=C(NC1CC2CC2(C(=O)N2CC(C(=O)O)C2)C1)OCC1c2ccccc2-c2ccccc21. The Hall–Kier alpha value is -3.35. The summed E-state index contributed by atoms with van der Waals surface area (Å²) in [5, 5.41) is 12.0. The van der Waals surface area contributed by atoms with Gasteiger partial charge in [-0.15, -0.1) is 0 Å². The van der Waals surface area contributed by atoms with Crippen molar-refractivity contribution in [2.24, 2.45) is 17.3 Å². The summed E-state index contributed by atoms with van der Waals surface area (Å²) in [4.78, 5) is 38.2. The van der Waals surface area contributed by atoms with Crippen molar-refractivity contribution >= 4 is 18.0 Å². The standard InChI is InChI=1S/C26H26N2O5/c29-23(30)15-12-28(13-15)24(31)26-10-16(26)9-17(11-26)27-25(32)33-14-22-20-7-3-1-5-18(20)19-6-2-4-8-21(19)22/h1-8,15-17,22H,9-14H2,(H,27,32)(H,29,30). The van der Waals surface area contributed by atoms with Crippen LogP contribution < -0.4 is 5.32 Å². The summed E-state index contributed by atoms with van der Waals surface area (Å²) in [6.07, 6.45) is 1.77. The van der Waals surface area contributed by atoms with Crippen LogP contribution in [0.4, 0.5) is 4.79 Å². The molecule has 0 aromatic heterocycles. The van der Waals surface area contributed by atoms with Crippen molar-refractivity contribution in [2.75, 3.05) is 19.7 Å². The minimum atomic E-state index is -0.842. The predicted octanol–water partition coefficient (Wildman–Crippen LogP) is 3.24. The van der Waals surface area contributed by atoms with E-state index in [1.807, 2.05) is 24.3 Å². The first-order valence-electron chi connectivity index (χ1n) is 11.6. The Labute approximate surface area is 191 Å². The number of carbonyl (C=O) groups excluding carboxylic acids is 2. The molecule has 1 saturated heterocycles. The predicted molar refractivity (Wildman–Crippen MR) is 119 cm³/mol. The number of amides is 2. The van der Waals surface area contributed by atoms with E-state index in [2.05, 4.69) is 29.6 Å². The first kappa shape index (κ1) is 20.3. The minimum absolute atomic E-state index is 0.0154. The number of likely N-dealkylation sites (tertiary alicyclic amines) is 1. The van der Waals surface area contributed by atoms with E-state index in [1.165, 1.54) is 22.3 Å². The quantitative estimate of drug-likeness (QED) is 0.735. The number of nitrogens with zero attached hydrogens (tertiary/aromatic N) is 1. The maximum atomic E-state index is 12.9. The van der Waals surface area contributed by atoms with Gasteiger partial charge in [0.25, 0.3) is 0 Å². The highest BCUT2D eigenvalue weighted by Gasteiger charge is 2.66. The Morgan fingerprint density at radius 1 is 1.00 bits per heavy atom. The molecule has 7 heteroatoms. The minimum Gasteiger partial charge on any atom is -0.481 e. The Morgan fingerprint density at radius 3 is 2.27 bits per heavy atom. The van der Waals surface area contributed by atoms with Crippen molar-refractivity contribution in [3.05, 3.63) is 59.7 Å². The van der Waals surface area contributed by atoms with E-state index in [9.17, 15) is 14.4 Å². The van der Waals surface area contributed by atoms with Crippen molar-refractivity contribution in [1.82, 2.24) is 10.2 Å². The lowest BCUT2D eigenvalue weighted by atomic mass is 9.94. The normalized spacial score (nSPS) is 27.2. The summed E-state index contributed by atoms with van der Waals surface area (Å²) >= 11 is 0. The monoisotopic (exact) mass is 446 g/mol. The number of ether oxygens (including phenoxy) is 1. The molecule has 170 valence electrons. The zero-order valence-electron chi connectivity index (χ0n) is 18.2. The average molecular weight is 447 g/mol. The first-order valence-corrected chi connectivity index (χ1v) is 11.6. The van der Waals surface area contributed by atoms with Crippen molar-refractivity contribution in [1.29, 1.82) is 0 Å². The second kappa shape index (κ2) is 7.33. The molecule has 2 N–H and O–H groups in total. The van der Waals surface area contributed by atoms with Gasteiger partial charge in [0.1, 0.15) is 6.61 Å². The van der Waals surface area contributed by atoms with Gasteiger partial charge in [-0.1, -0.05) is 48.5 Å². The summed E-state index contributed by atoms with van der Waals surface area (Å²) in [6, 6.07) is 16.4. The Bertz CT molecular complexity index is 1110. The fourth-order valence-electron chi connectivity index (χ4n) is 6.19. The van der Waals surface area contributed by atoms with Crippen molar-refractivity contribution < 1.29 is 24.2 Å². The molecule has 2 aromatic carbocycles. The van der Waals surface area contributed by atoms with Crippen LogP contribution in [0.15, 0.2) is 48.5 Å². The molecular formula is C26H26N2O5. The van der Waals surface area contributed by atoms with Crippen LogP contribution in [-0.4, -0.2) is 53.7 Å². The highest BCUT2D eigenvalue weighted by Crippen LogP contribution is 2.64. The number of rotatable bonds is 5. The van der Waals surface area contributed by atoms with Crippen LogP contribution in [-0.2, 0) is 14.3 Å². The van der Waals surface area contributed by atoms with Crippen LogP contribution in [0, 0.1) is 17.3 Å². The molecule has 3 aliphatic carbocycles. The van der Waals surface area contributed by atoms with Crippen LogP contribution in [0.25, 0.3) is 11.1 Å². The number of alkyl carbamates (subject to hydrolysis) is 1. The fourth-order valence-corrected chi connectivity index (χ4v) is 6.19. The van der Waals surface area contributed by atoms with Crippen LogP contribution in [0.5, 0.6) is 0 Å². The zero-order valence-corrected chi connectivity index (χ0v) is 18.2. The highest BCUT2D eigenvalue weighted by atomic mass is 16.5. The van der Waals surface area contributed by atoms with E-state index in [4.69, 9.17) is 9.84 Å². The molecule has 6 rings (SSSR count). The number of carboxylic acid groups (broad SMARTS) is 1. The third-order valence-corrected chi connectivity index (χ3v) is 8.02. The number of hydrogen-bond acceptors (Lipinski definition) is 4. The van der Waals surface area contributed by atoms with Crippen molar-refractivity contribution in [3.8, 4) is 11.1 Å². The van der Waals surface area contributed by atoms with E-state index in [0.717, 1.165) is 12.8 Å². The Balaban J connectivity index is 1.05. The molecule has 3 unspecified atom stereocenters. The second-order valence-corrected chi connectivity index (χ2v) is 9.91. The van der Waals surface area contributed by atoms with E-state index < -0.39 is 23.4 Å². The number of hydrogen-bond donors (Lipinski definition) is 2. The number of carbonyl (C=O) groups is 3. The maximum absolute atomic E-state index is 12.9. The molecule has 3 fully saturated rings. The largest absolute Gasteiger partial charge is 0.481 e. The molecular weight excluding hydrogens is 420 g/mol. The van der Waals surface area contributed by atoms with Gasteiger partial charge in [-0.3, -0.25) is 9.59 Å². The summed E-state index contributed by atoms with van der Waals surface area (Å²) in [7, 11) is 0. The number of benzene rings is 2. The molecule has 1 aliphatic heterocycles. The van der Waals surface area contributed by atoms with Gasteiger partial charge in [0.15, 0.2) is 0 Å². The van der Waals surface area contributed by atoms with Gasteiger partial charge in [-0.2, -0.15) is 0 Å². The summed E-state index contributed by atoms with van der Waals surface area (Å²) in [5.74, 6) is -0.944. The summed E-state index contributed by atoms with van der Waals surface area (Å²) in [6.45, 7) is 0.866. The summed E-state index contributed by atoms with van der Waals surface area (Å²) in [5.41, 5.74) is 4.31. The van der Waals surface area contributed by atoms with Crippen LogP contribution in [0.1, 0.15) is 36.3 Å². The molecule has 2 aromatic rings. The first-order chi connectivity index (χ1) is 16.0. The lowest BCUT2D eigenvalue weighted by Gasteiger charge is -2.39. The van der Waals surface area contributed by atoms with Gasteiger partial charge in [0.05, 0.1) is 11.3 Å². The van der Waals surface area contributed by atoms with Gasteiger partial charge in [-0.05, 0) is 47.4 Å². The van der Waals surface area contributed by atoms with Crippen LogP contribution in [0.3, 0.4) is 0 Å². The molecule has 0 spiro atoms. The van der Waals surface area contributed by atoms with Crippen LogP contribution in [0.2, 0.25) is 0 Å².